The number of carbonyl (C=O) groups excluding carboxylic acids is 3. The van der Waals surface area contributed by atoms with E-state index in [9.17, 15) is 14.4 Å². The van der Waals surface area contributed by atoms with Gasteiger partial charge in [-0.25, -0.2) is 4.79 Å². The Kier molecular flexibility index (Phi) is 7.26. The first-order valence-corrected chi connectivity index (χ1v) is 7.01. The predicted molar refractivity (Wildman–Crippen MR) is 88.0 cm³/mol. The summed E-state index contributed by atoms with van der Waals surface area (Å²) in [6.45, 7) is 1.44. The van der Waals surface area contributed by atoms with Crippen LogP contribution >= 0.6 is 0 Å². The summed E-state index contributed by atoms with van der Waals surface area (Å²) in [4.78, 5) is 36.2. The SMILES string of the molecule is C/C=C/C=C/C(=O)OCC(=O)Nc1ccc(C(=O)N(C)C)cc1. The van der Waals surface area contributed by atoms with Gasteiger partial charge in [-0.15, -0.1) is 0 Å². The summed E-state index contributed by atoms with van der Waals surface area (Å²) in [6, 6.07) is 6.46. The highest BCUT2D eigenvalue weighted by atomic mass is 16.5. The molecule has 0 spiro atoms. The zero-order valence-electron chi connectivity index (χ0n) is 13.4. The summed E-state index contributed by atoms with van der Waals surface area (Å²) in [7, 11) is 3.33. The van der Waals surface area contributed by atoms with E-state index in [1.165, 1.54) is 17.1 Å². The lowest BCUT2D eigenvalue weighted by atomic mass is 10.2. The van der Waals surface area contributed by atoms with Gasteiger partial charge in [0, 0.05) is 31.4 Å². The number of carbonyl (C=O) groups is 3. The standard InChI is InChI=1S/C17H20N2O4/c1-4-5-6-7-16(21)23-12-15(20)18-14-10-8-13(9-11-14)17(22)19(2)3/h4-11H,12H2,1-3H3,(H,18,20)/b5-4+,7-6+. The van der Waals surface area contributed by atoms with Crippen molar-refractivity contribution in [3.05, 3.63) is 54.1 Å². The molecule has 1 N–H and O–H groups in total. The van der Waals surface area contributed by atoms with Gasteiger partial charge in [-0.3, -0.25) is 9.59 Å². The van der Waals surface area contributed by atoms with Crippen LogP contribution in [0.3, 0.4) is 0 Å². The molecule has 0 aliphatic heterocycles. The molecule has 23 heavy (non-hydrogen) atoms. The molecule has 6 nitrogen and oxygen atoms in total. The normalized spacial score (nSPS) is 10.7. The highest BCUT2D eigenvalue weighted by Crippen LogP contribution is 2.10. The van der Waals surface area contributed by atoms with Gasteiger partial charge in [0.1, 0.15) is 0 Å². The van der Waals surface area contributed by atoms with E-state index in [1.807, 2.05) is 6.92 Å². The van der Waals surface area contributed by atoms with Crippen molar-refractivity contribution in [1.29, 1.82) is 0 Å². The third-order valence-electron chi connectivity index (χ3n) is 2.70. The minimum Gasteiger partial charge on any atom is -0.452 e. The lowest BCUT2D eigenvalue weighted by Crippen LogP contribution is -2.22. The highest BCUT2D eigenvalue weighted by molar-refractivity contribution is 5.96. The summed E-state index contributed by atoms with van der Waals surface area (Å²) in [6.07, 6.45) is 6.20. The zero-order chi connectivity index (χ0) is 17.2. The van der Waals surface area contributed by atoms with Crippen molar-refractivity contribution in [1.82, 2.24) is 4.90 Å². The lowest BCUT2D eigenvalue weighted by Gasteiger charge is -2.11. The number of nitrogens with zero attached hydrogens (tertiary/aromatic N) is 1. The van der Waals surface area contributed by atoms with E-state index in [1.54, 1.807) is 50.5 Å². The number of amides is 2. The number of allylic oxidation sites excluding steroid dienone is 3. The molecule has 1 aromatic rings. The van der Waals surface area contributed by atoms with Gasteiger partial charge in [0.25, 0.3) is 11.8 Å². The Hall–Kier alpha value is -2.89. The van der Waals surface area contributed by atoms with Crippen LogP contribution in [0.4, 0.5) is 5.69 Å². The summed E-state index contributed by atoms with van der Waals surface area (Å²) in [5.74, 6) is -1.17. The molecule has 122 valence electrons. The van der Waals surface area contributed by atoms with Crippen molar-refractivity contribution < 1.29 is 19.1 Å². The van der Waals surface area contributed by atoms with Crippen molar-refractivity contribution in [2.75, 3.05) is 26.0 Å². The summed E-state index contributed by atoms with van der Waals surface area (Å²) < 4.78 is 4.78. The van der Waals surface area contributed by atoms with Crippen molar-refractivity contribution in [2.24, 2.45) is 0 Å². The second-order valence-corrected chi connectivity index (χ2v) is 4.82. The van der Waals surface area contributed by atoms with Crippen LogP contribution in [0.1, 0.15) is 17.3 Å². The van der Waals surface area contributed by atoms with Gasteiger partial charge in [0.2, 0.25) is 0 Å². The van der Waals surface area contributed by atoms with Crippen LogP contribution in [-0.2, 0) is 14.3 Å². The van der Waals surface area contributed by atoms with E-state index in [2.05, 4.69) is 5.32 Å². The Morgan fingerprint density at radius 1 is 1.13 bits per heavy atom. The number of hydrogen-bond acceptors (Lipinski definition) is 4. The molecule has 1 aromatic carbocycles. The lowest BCUT2D eigenvalue weighted by molar-refractivity contribution is -0.142. The number of rotatable bonds is 6. The van der Waals surface area contributed by atoms with E-state index in [0.29, 0.717) is 11.3 Å². The minimum atomic E-state index is -0.592. The fourth-order valence-electron chi connectivity index (χ4n) is 1.58. The number of ether oxygens (including phenoxy) is 1. The second kappa shape index (κ2) is 9.19. The van der Waals surface area contributed by atoms with Gasteiger partial charge < -0.3 is 15.0 Å². The van der Waals surface area contributed by atoms with Gasteiger partial charge in [-0.2, -0.15) is 0 Å². The minimum absolute atomic E-state index is 0.121. The largest absolute Gasteiger partial charge is 0.452 e. The first-order valence-electron chi connectivity index (χ1n) is 7.01. The van der Waals surface area contributed by atoms with Crippen molar-refractivity contribution >= 4 is 23.5 Å². The molecular weight excluding hydrogens is 296 g/mol. The van der Waals surface area contributed by atoms with Crippen LogP contribution in [0.2, 0.25) is 0 Å². The Morgan fingerprint density at radius 2 is 1.78 bits per heavy atom. The molecule has 0 bridgehead atoms. The topological polar surface area (TPSA) is 75.7 Å². The molecule has 0 aromatic heterocycles. The molecule has 0 saturated carbocycles. The average molecular weight is 316 g/mol. The maximum absolute atomic E-state index is 11.7. The Labute approximate surface area is 135 Å². The third-order valence-corrected chi connectivity index (χ3v) is 2.70. The van der Waals surface area contributed by atoms with Crippen LogP contribution in [-0.4, -0.2) is 43.4 Å². The molecule has 6 heteroatoms. The number of esters is 1. The van der Waals surface area contributed by atoms with E-state index in [-0.39, 0.29) is 12.5 Å². The first kappa shape index (κ1) is 18.2. The molecule has 0 aliphatic rings. The number of hydrogen-bond donors (Lipinski definition) is 1. The molecular formula is C17H20N2O4. The number of anilines is 1. The van der Waals surface area contributed by atoms with Crippen LogP contribution in [0.5, 0.6) is 0 Å². The maximum Gasteiger partial charge on any atom is 0.331 e. The molecule has 0 fully saturated rings. The van der Waals surface area contributed by atoms with Crippen molar-refractivity contribution in [2.45, 2.75) is 6.92 Å². The van der Waals surface area contributed by atoms with Crippen molar-refractivity contribution in [3.63, 3.8) is 0 Å². The number of nitrogens with one attached hydrogen (secondary N) is 1. The molecule has 0 radical (unpaired) electrons. The fraction of sp³-hybridized carbons (Fsp3) is 0.235. The van der Waals surface area contributed by atoms with Gasteiger partial charge in [-0.05, 0) is 31.2 Å². The average Bonchev–Trinajstić information content (AvgIpc) is 2.53. The van der Waals surface area contributed by atoms with E-state index in [4.69, 9.17) is 4.74 Å². The van der Waals surface area contributed by atoms with Gasteiger partial charge in [0.15, 0.2) is 6.61 Å². The first-order chi connectivity index (χ1) is 10.9. The molecule has 0 atom stereocenters. The monoisotopic (exact) mass is 316 g/mol. The smallest absolute Gasteiger partial charge is 0.331 e. The van der Waals surface area contributed by atoms with Crippen LogP contribution in [0.25, 0.3) is 0 Å². The van der Waals surface area contributed by atoms with E-state index >= 15 is 0 Å². The van der Waals surface area contributed by atoms with Gasteiger partial charge in [-0.1, -0.05) is 18.2 Å². The van der Waals surface area contributed by atoms with Gasteiger partial charge in [0.05, 0.1) is 0 Å². The number of benzene rings is 1. The fourth-order valence-corrected chi connectivity index (χ4v) is 1.58. The predicted octanol–water partition coefficient (Wildman–Crippen LogP) is 2.00. The van der Waals surface area contributed by atoms with Crippen LogP contribution in [0.15, 0.2) is 48.6 Å². The molecule has 1 rings (SSSR count). The van der Waals surface area contributed by atoms with E-state index in [0.717, 1.165) is 0 Å². The molecule has 0 unspecified atom stereocenters. The Morgan fingerprint density at radius 3 is 2.35 bits per heavy atom. The van der Waals surface area contributed by atoms with Crippen LogP contribution in [0, 0.1) is 0 Å². The van der Waals surface area contributed by atoms with Gasteiger partial charge >= 0.3 is 5.97 Å². The van der Waals surface area contributed by atoms with Crippen molar-refractivity contribution in [3.8, 4) is 0 Å². The molecule has 0 heterocycles. The Bertz CT molecular complexity index is 616. The summed E-state index contributed by atoms with van der Waals surface area (Å²) >= 11 is 0. The maximum atomic E-state index is 11.7. The molecule has 0 saturated heterocycles. The van der Waals surface area contributed by atoms with E-state index < -0.39 is 11.9 Å². The highest BCUT2D eigenvalue weighted by Gasteiger charge is 2.09. The zero-order valence-corrected chi connectivity index (χ0v) is 13.4. The van der Waals surface area contributed by atoms with Crippen LogP contribution < -0.4 is 5.32 Å². The second-order valence-electron chi connectivity index (χ2n) is 4.82. The molecule has 2 amide bonds. The quantitative estimate of drug-likeness (QED) is 0.495. The summed E-state index contributed by atoms with van der Waals surface area (Å²) in [5.41, 5.74) is 1.04. The third kappa shape index (κ3) is 6.60. The summed E-state index contributed by atoms with van der Waals surface area (Å²) in [5, 5.41) is 2.58. The molecule has 0 aliphatic carbocycles. The Balaban J connectivity index is 2.48.